The van der Waals surface area contributed by atoms with Gasteiger partial charge in [-0.2, -0.15) is 0 Å². The average molecular weight is 164 g/mol. The molecule has 2 rings (SSSR count). The van der Waals surface area contributed by atoms with Gasteiger partial charge < -0.3 is 16.0 Å². The van der Waals surface area contributed by atoms with Crippen LogP contribution < -0.4 is 16.0 Å². The summed E-state index contributed by atoms with van der Waals surface area (Å²) in [4.78, 5) is 4.18. The molecule has 2 aliphatic heterocycles. The molecule has 0 unspecified atom stereocenters. The Balaban J connectivity index is 2.12. The van der Waals surface area contributed by atoms with Crippen LogP contribution in [0.15, 0.2) is 28.9 Å². The first kappa shape index (κ1) is 7.21. The summed E-state index contributed by atoms with van der Waals surface area (Å²) in [5.41, 5.74) is 0. The minimum Gasteiger partial charge on any atom is -0.369 e. The van der Waals surface area contributed by atoms with E-state index >= 15 is 0 Å². The first-order valence-electron chi connectivity index (χ1n) is 4.14. The molecule has 2 heterocycles. The third kappa shape index (κ3) is 1.42. The van der Waals surface area contributed by atoms with Crippen molar-refractivity contribution in [2.24, 2.45) is 4.99 Å². The quantitative estimate of drug-likeness (QED) is 0.468. The minimum atomic E-state index is 0.872. The van der Waals surface area contributed by atoms with Crippen molar-refractivity contribution in [3.05, 3.63) is 23.9 Å². The lowest BCUT2D eigenvalue weighted by atomic mass is 10.3. The summed E-state index contributed by atoms with van der Waals surface area (Å²) < 4.78 is 0. The topological polar surface area (TPSA) is 48.4 Å². The van der Waals surface area contributed by atoms with Crippen LogP contribution in [0.25, 0.3) is 0 Å². The summed E-state index contributed by atoms with van der Waals surface area (Å²) in [6.07, 6.45) is 6.67. The normalized spacial score (nSPS) is 21.3. The zero-order valence-corrected chi connectivity index (χ0v) is 6.80. The Bertz CT molecular complexity index is 244. The Morgan fingerprint density at radius 3 is 2.75 bits per heavy atom. The van der Waals surface area contributed by atoms with Crippen LogP contribution in [0.2, 0.25) is 0 Å². The maximum Gasteiger partial charge on any atom is 0.170 e. The van der Waals surface area contributed by atoms with Crippen LogP contribution in [-0.4, -0.2) is 19.3 Å². The predicted octanol–water partition coefficient (Wildman–Crippen LogP) is -0.116. The number of allylic oxidation sites excluding steroid dienone is 1. The van der Waals surface area contributed by atoms with Gasteiger partial charge in [0, 0.05) is 25.5 Å². The number of rotatable bonds is 0. The molecule has 0 saturated carbocycles. The lowest BCUT2D eigenvalue weighted by molar-refractivity contribution is 0.559. The fourth-order valence-electron chi connectivity index (χ4n) is 1.21. The lowest BCUT2D eigenvalue weighted by Gasteiger charge is -2.21. The third-order valence-corrected chi connectivity index (χ3v) is 1.80. The predicted molar refractivity (Wildman–Crippen MR) is 48.4 cm³/mol. The molecule has 0 amide bonds. The van der Waals surface area contributed by atoms with Gasteiger partial charge in [-0.15, -0.1) is 0 Å². The molecule has 0 spiro atoms. The van der Waals surface area contributed by atoms with Crippen molar-refractivity contribution in [1.82, 2.24) is 16.0 Å². The molecule has 0 aromatic rings. The van der Waals surface area contributed by atoms with Crippen LogP contribution in [0.5, 0.6) is 0 Å². The monoisotopic (exact) mass is 164 g/mol. The van der Waals surface area contributed by atoms with E-state index in [9.17, 15) is 0 Å². The second kappa shape index (κ2) is 3.30. The number of hydrogen-bond acceptors (Lipinski definition) is 4. The molecule has 0 radical (unpaired) electrons. The van der Waals surface area contributed by atoms with Crippen molar-refractivity contribution in [3.8, 4) is 0 Å². The van der Waals surface area contributed by atoms with Crippen LogP contribution in [0.1, 0.15) is 6.42 Å². The van der Waals surface area contributed by atoms with Gasteiger partial charge in [0.25, 0.3) is 0 Å². The second-order valence-electron chi connectivity index (χ2n) is 2.71. The molecule has 0 atom stereocenters. The highest BCUT2D eigenvalue weighted by Crippen LogP contribution is 2.02. The van der Waals surface area contributed by atoms with Crippen LogP contribution in [0.4, 0.5) is 0 Å². The van der Waals surface area contributed by atoms with E-state index in [0.717, 1.165) is 31.2 Å². The molecule has 1 saturated heterocycles. The molecule has 0 aromatic heterocycles. The van der Waals surface area contributed by atoms with Gasteiger partial charge in [-0.25, -0.2) is 4.99 Å². The molecular weight excluding hydrogens is 152 g/mol. The summed E-state index contributed by atoms with van der Waals surface area (Å²) in [6, 6.07) is 0. The Kier molecular flexibility index (Phi) is 1.98. The molecule has 4 heteroatoms. The standard InChI is InChI=1S/C8H12N4/c1-3-9-7(10-4-1)8-11-5-2-6-12-8/h1,3-4,9,11-12H,2,5-6H2. The molecular formula is C8H12N4. The van der Waals surface area contributed by atoms with Gasteiger partial charge in [-0.05, 0) is 12.5 Å². The van der Waals surface area contributed by atoms with Crippen molar-refractivity contribution in [3.63, 3.8) is 0 Å². The maximum absolute atomic E-state index is 4.18. The zero-order chi connectivity index (χ0) is 8.23. The fraction of sp³-hybridized carbons (Fsp3) is 0.375. The van der Waals surface area contributed by atoms with E-state index in [4.69, 9.17) is 0 Å². The number of nitrogens with zero attached hydrogens (tertiary/aromatic N) is 1. The van der Waals surface area contributed by atoms with Crippen LogP contribution in [0, 0.1) is 0 Å². The SMILES string of the molecule is C1=CNC(=C2NCCCN2)N=C1. The van der Waals surface area contributed by atoms with E-state index in [1.807, 2.05) is 12.3 Å². The van der Waals surface area contributed by atoms with E-state index in [1.54, 1.807) is 6.21 Å². The Morgan fingerprint density at radius 1 is 1.25 bits per heavy atom. The first-order chi connectivity index (χ1) is 5.97. The molecule has 3 N–H and O–H groups in total. The Labute approximate surface area is 71.4 Å². The second-order valence-corrected chi connectivity index (χ2v) is 2.71. The summed E-state index contributed by atoms with van der Waals surface area (Å²) in [7, 11) is 0. The molecule has 4 nitrogen and oxygen atoms in total. The summed E-state index contributed by atoms with van der Waals surface area (Å²) in [5, 5.41) is 9.56. The van der Waals surface area contributed by atoms with Crippen molar-refractivity contribution < 1.29 is 0 Å². The van der Waals surface area contributed by atoms with E-state index in [2.05, 4.69) is 20.9 Å². The van der Waals surface area contributed by atoms with Gasteiger partial charge >= 0.3 is 0 Å². The summed E-state index contributed by atoms with van der Waals surface area (Å²) in [6.45, 7) is 2.04. The molecule has 1 fully saturated rings. The smallest absolute Gasteiger partial charge is 0.170 e. The van der Waals surface area contributed by atoms with E-state index < -0.39 is 0 Å². The number of hydrogen-bond donors (Lipinski definition) is 3. The number of nitrogens with one attached hydrogen (secondary N) is 3. The molecule has 2 aliphatic rings. The average Bonchev–Trinajstić information content (AvgIpc) is 2.21. The Hall–Kier alpha value is -1.45. The maximum atomic E-state index is 4.18. The molecule has 0 aromatic carbocycles. The molecule has 0 bridgehead atoms. The number of aliphatic imine (C=N–C) groups is 1. The van der Waals surface area contributed by atoms with Gasteiger partial charge in [0.15, 0.2) is 5.82 Å². The summed E-state index contributed by atoms with van der Waals surface area (Å²) >= 11 is 0. The molecule has 0 aliphatic carbocycles. The minimum absolute atomic E-state index is 0.872. The third-order valence-electron chi connectivity index (χ3n) is 1.80. The molecule has 12 heavy (non-hydrogen) atoms. The fourth-order valence-corrected chi connectivity index (χ4v) is 1.21. The van der Waals surface area contributed by atoms with Crippen molar-refractivity contribution in [2.45, 2.75) is 6.42 Å². The lowest BCUT2D eigenvalue weighted by Crippen LogP contribution is -2.37. The van der Waals surface area contributed by atoms with Gasteiger partial charge in [0.05, 0.1) is 0 Å². The van der Waals surface area contributed by atoms with Crippen LogP contribution >= 0.6 is 0 Å². The van der Waals surface area contributed by atoms with Crippen molar-refractivity contribution >= 4 is 6.21 Å². The zero-order valence-electron chi connectivity index (χ0n) is 6.80. The first-order valence-corrected chi connectivity index (χ1v) is 4.14. The largest absolute Gasteiger partial charge is 0.369 e. The van der Waals surface area contributed by atoms with E-state index in [0.29, 0.717) is 0 Å². The van der Waals surface area contributed by atoms with Crippen molar-refractivity contribution in [2.75, 3.05) is 13.1 Å². The Morgan fingerprint density at radius 2 is 2.08 bits per heavy atom. The molecule has 64 valence electrons. The highest BCUT2D eigenvalue weighted by Gasteiger charge is 2.08. The van der Waals surface area contributed by atoms with Crippen LogP contribution in [-0.2, 0) is 0 Å². The van der Waals surface area contributed by atoms with E-state index in [-0.39, 0.29) is 0 Å². The van der Waals surface area contributed by atoms with Crippen LogP contribution in [0.3, 0.4) is 0 Å². The van der Waals surface area contributed by atoms with Gasteiger partial charge in [0.2, 0.25) is 0 Å². The highest BCUT2D eigenvalue weighted by atomic mass is 15.2. The van der Waals surface area contributed by atoms with Gasteiger partial charge in [-0.1, -0.05) is 0 Å². The van der Waals surface area contributed by atoms with Crippen molar-refractivity contribution in [1.29, 1.82) is 0 Å². The summed E-state index contributed by atoms with van der Waals surface area (Å²) in [5.74, 6) is 1.87. The highest BCUT2D eigenvalue weighted by molar-refractivity contribution is 5.73. The van der Waals surface area contributed by atoms with Gasteiger partial charge in [-0.3, -0.25) is 0 Å². The van der Waals surface area contributed by atoms with E-state index in [1.165, 1.54) is 0 Å². The van der Waals surface area contributed by atoms with Gasteiger partial charge in [0.1, 0.15) is 5.82 Å².